The molecule has 0 aromatic carbocycles. The van der Waals surface area contributed by atoms with Gasteiger partial charge in [0.1, 0.15) is 0 Å². The topological polar surface area (TPSA) is 63.6 Å². The normalized spacial score (nSPS) is 42.7. The van der Waals surface area contributed by atoms with Crippen LogP contribution in [0.5, 0.6) is 0 Å². The summed E-state index contributed by atoms with van der Waals surface area (Å²) >= 11 is 0. The SMILES string of the molecule is CC(C)CCC[C@@H](C)[C@H]1CC[C@H]2C3=CC[C@H]4CC(OS(=O)(=O)O)CC[C@]4(C)[C@H]3CC[C@]12C. The number of rotatable bonds is 7. The van der Waals surface area contributed by atoms with Crippen LogP contribution in [-0.2, 0) is 14.6 Å². The summed E-state index contributed by atoms with van der Waals surface area (Å²) in [5.41, 5.74) is 2.45. The lowest BCUT2D eigenvalue weighted by Gasteiger charge is -2.58. The zero-order valence-electron chi connectivity index (χ0n) is 21.0. The quantitative estimate of drug-likeness (QED) is 0.318. The van der Waals surface area contributed by atoms with Gasteiger partial charge in [-0.05, 0) is 97.7 Å². The van der Waals surface area contributed by atoms with Crippen LogP contribution >= 0.6 is 0 Å². The van der Waals surface area contributed by atoms with Crippen LogP contribution in [0.3, 0.4) is 0 Å². The van der Waals surface area contributed by atoms with E-state index in [0.29, 0.717) is 17.3 Å². The minimum Gasteiger partial charge on any atom is -0.264 e. The molecule has 1 N–H and O–H groups in total. The van der Waals surface area contributed by atoms with Gasteiger partial charge in [-0.25, -0.2) is 4.18 Å². The van der Waals surface area contributed by atoms with E-state index in [1.165, 1.54) is 44.9 Å². The van der Waals surface area contributed by atoms with Crippen LogP contribution in [0.15, 0.2) is 11.6 Å². The van der Waals surface area contributed by atoms with Gasteiger partial charge in [-0.15, -0.1) is 0 Å². The van der Waals surface area contributed by atoms with E-state index in [1.54, 1.807) is 5.57 Å². The average molecular weight is 467 g/mol. The van der Waals surface area contributed by atoms with Crippen LogP contribution in [0.4, 0.5) is 0 Å². The van der Waals surface area contributed by atoms with E-state index in [1.807, 2.05) is 0 Å². The van der Waals surface area contributed by atoms with Crippen molar-refractivity contribution in [3.8, 4) is 0 Å². The summed E-state index contributed by atoms with van der Waals surface area (Å²) in [4.78, 5) is 0. The summed E-state index contributed by atoms with van der Waals surface area (Å²) in [5.74, 6) is 4.31. The Morgan fingerprint density at radius 3 is 2.41 bits per heavy atom. The second-order valence-electron chi connectivity index (χ2n) is 12.7. The third-order valence-electron chi connectivity index (χ3n) is 10.5. The Labute approximate surface area is 196 Å². The van der Waals surface area contributed by atoms with Crippen LogP contribution in [0.25, 0.3) is 0 Å². The fraction of sp³-hybridized carbons (Fsp3) is 0.926. The van der Waals surface area contributed by atoms with E-state index in [0.717, 1.165) is 49.4 Å². The standard InChI is InChI=1S/C27H46O4S/c1-18(2)7-6-8-19(3)23-11-12-24-22-10-9-20-17-21(31-32(28,29)30)13-15-26(20,4)25(22)14-16-27(23,24)5/h10,18-21,23-25H,6-9,11-17H2,1-5H3,(H,28,29,30)/t19-,20+,21?,23-,24+,25+,26+,27-/m1/s1. The van der Waals surface area contributed by atoms with Gasteiger partial charge in [-0.1, -0.05) is 65.5 Å². The van der Waals surface area contributed by atoms with Crippen molar-refractivity contribution in [1.82, 2.24) is 0 Å². The molecule has 0 aromatic heterocycles. The molecule has 4 rings (SSSR count). The highest BCUT2D eigenvalue weighted by molar-refractivity contribution is 7.80. The molecule has 0 aliphatic heterocycles. The molecule has 0 amide bonds. The van der Waals surface area contributed by atoms with Crippen molar-refractivity contribution in [1.29, 1.82) is 0 Å². The molecule has 8 atom stereocenters. The van der Waals surface area contributed by atoms with Crippen LogP contribution in [0, 0.1) is 46.3 Å². The first-order valence-electron chi connectivity index (χ1n) is 13.3. The molecule has 1 unspecified atom stereocenters. The van der Waals surface area contributed by atoms with E-state index in [4.69, 9.17) is 8.74 Å². The number of fused-ring (bicyclic) bond motifs is 5. The van der Waals surface area contributed by atoms with Crippen LogP contribution in [-0.4, -0.2) is 19.1 Å². The monoisotopic (exact) mass is 466 g/mol. The van der Waals surface area contributed by atoms with Gasteiger partial charge in [0.25, 0.3) is 0 Å². The first-order chi connectivity index (χ1) is 14.9. The predicted molar refractivity (Wildman–Crippen MR) is 129 cm³/mol. The van der Waals surface area contributed by atoms with Crippen LogP contribution in [0.2, 0.25) is 0 Å². The summed E-state index contributed by atoms with van der Waals surface area (Å²) in [7, 11) is -4.37. The summed E-state index contributed by atoms with van der Waals surface area (Å²) < 4.78 is 36.6. The van der Waals surface area contributed by atoms with E-state index < -0.39 is 10.4 Å². The second-order valence-corrected chi connectivity index (χ2v) is 13.7. The highest BCUT2D eigenvalue weighted by Gasteiger charge is 2.58. The van der Waals surface area contributed by atoms with Crippen molar-refractivity contribution >= 4 is 10.4 Å². The second kappa shape index (κ2) is 9.00. The average Bonchev–Trinajstić information content (AvgIpc) is 3.04. The highest BCUT2D eigenvalue weighted by atomic mass is 32.3. The van der Waals surface area contributed by atoms with Gasteiger partial charge in [0.15, 0.2) is 0 Å². The van der Waals surface area contributed by atoms with Crippen LogP contribution in [0.1, 0.15) is 105 Å². The minimum atomic E-state index is -4.37. The number of hydrogen-bond acceptors (Lipinski definition) is 3. The van der Waals surface area contributed by atoms with Gasteiger partial charge in [-0.2, -0.15) is 8.42 Å². The molecular formula is C27H46O4S. The molecule has 4 nitrogen and oxygen atoms in total. The molecule has 0 heterocycles. The van der Waals surface area contributed by atoms with Gasteiger partial charge in [0.2, 0.25) is 0 Å². The zero-order valence-corrected chi connectivity index (χ0v) is 21.8. The Morgan fingerprint density at radius 2 is 1.72 bits per heavy atom. The van der Waals surface area contributed by atoms with Crippen LogP contribution < -0.4 is 0 Å². The summed E-state index contributed by atoms with van der Waals surface area (Å²) in [6.45, 7) is 12.3. The molecule has 0 saturated heterocycles. The molecule has 0 spiro atoms. The van der Waals surface area contributed by atoms with Gasteiger partial charge >= 0.3 is 10.4 Å². The first kappa shape index (κ1) is 24.7. The number of hydrogen-bond donors (Lipinski definition) is 1. The molecule has 184 valence electrons. The van der Waals surface area contributed by atoms with Gasteiger partial charge in [-0.3, -0.25) is 4.55 Å². The number of allylic oxidation sites excluding steroid dienone is 2. The largest absolute Gasteiger partial charge is 0.397 e. The van der Waals surface area contributed by atoms with E-state index >= 15 is 0 Å². The Morgan fingerprint density at radius 1 is 1.03 bits per heavy atom. The summed E-state index contributed by atoms with van der Waals surface area (Å²) in [5, 5.41) is 0. The van der Waals surface area contributed by atoms with E-state index in [2.05, 4.69) is 40.7 Å². The lowest BCUT2D eigenvalue weighted by molar-refractivity contribution is -0.0373. The molecular weight excluding hydrogens is 420 g/mol. The Balaban J connectivity index is 1.47. The van der Waals surface area contributed by atoms with E-state index in [-0.39, 0.29) is 11.5 Å². The summed E-state index contributed by atoms with van der Waals surface area (Å²) in [6.07, 6.45) is 15.2. The lowest BCUT2D eigenvalue weighted by Crippen LogP contribution is -2.50. The smallest absolute Gasteiger partial charge is 0.264 e. The summed E-state index contributed by atoms with van der Waals surface area (Å²) in [6, 6.07) is 0. The van der Waals surface area contributed by atoms with E-state index in [9.17, 15) is 8.42 Å². The maximum absolute atomic E-state index is 11.2. The third kappa shape index (κ3) is 4.60. The first-order valence-corrected chi connectivity index (χ1v) is 14.7. The third-order valence-corrected chi connectivity index (χ3v) is 11.0. The van der Waals surface area contributed by atoms with Crippen molar-refractivity contribution in [3.63, 3.8) is 0 Å². The molecule has 3 saturated carbocycles. The van der Waals surface area contributed by atoms with Crippen molar-refractivity contribution in [2.24, 2.45) is 46.3 Å². The van der Waals surface area contributed by atoms with Crippen molar-refractivity contribution in [2.75, 3.05) is 0 Å². The molecule has 0 aromatic rings. The Kier molecular flexibility index (Phi) is 6.95. The lowest BCUT2D eigenvalue weighted by atomic mass is 9.47. The van der Waals surface area contributed by atoms with Crippen molar-refractivity contribution in [2.45, 2.75) is 111 Å². The molecule has 5 heteroatoms. The molecule has 4 aliphatic rings. The Hall–Kier alpha value is -0.390. The Bertz CT molecular complexity index is 818. The van der Waals surface area contributed by atoms with Gasteiger partial charge in [0.05, 0.1) is 6.10 Å². The molecule has 4 aliphatic carbocycles. The molecule has 0 bridgehead atoms. The highest BCUT2D eigenvalue weighted by Crippen LogP contribution is 2.67. The molecule has 32 heavy (non-hydrogen) atoms. The van der Waals surface area contributed by atoms with Crippen molar-refractivity contribution in [3.05, 3.63) is 11.6 Å². The maximum Gasteiger partial charge on any atom is 0.397 e. The fourth-order valence-electron chi connectivity index (χ4n) is 8.76. The zero-order chi connectivity index (χ0) is 23.3. The predicted octanol–water partition coefficient (Wildman–Crippen LogP) is 7.22. The maximum atomic E-state index is 11.2. The minimum absolute atomic E-state index is 0.242. The van der Waals surface area contributed by atoms with Gasteiger partial charge in [0, 0.05) is 0 Å². The molecule has 3 fully saturated rings. The van der Waals surface area contributed by atoms with Gasteiger partial charge < -0.3 is 0 Å². The fourth-order valence-corrected chi connectivity index (χ4v) is 9.28. The molecule has 0 radical (unpaired) electrons. The van der Waals surface area contributed by atoms with Crippen molar-refractivity contribution < 1.29 is 17.2 Å².